The summed E-state index contributed by atoms with van der Waals surface area (Å²) in [6.07, 6.45) is 4.52. The van der Waals surface area contributed by atoms with Crippen LogP contribution in [0.3, 0.4) is 0 Å². The standard InChI is InChI=1S/C14H18ClNO3S/c1-19-14-5-4-11(8-12(14)15)20(17,18)16-13-7-9-2-3-10(13)6-9/h4-5,8-10,13,16H,2-3,6-7H2,1H3/t9-,10-,13-/m1/s1. The summed E-state index contributed by atoms with van der Waals surface area (Å²) in [6.45, 7) is 0. The number of ether oxygens (including phenoxy) is 1. The minimum Gasteiger partial charge on any atom is -0.495 e. The number of benzene rings is 1. The zero-order chi connectivity index (χ0) is 14.3. The lowest BCUT2D eigenvalue weighted by atomic mass is 9.96. The van der Waals surface area contributed by atoms with Crippen LogP contribution in [-0.4, -0.2) is 21.6 Å². The highest BCUT2D eigenvalue weighted by Gasteiger charge is 2.41. The maximum absolute atomic E-state index is 12.4. The van der Waals surface area contributed by atoms with Crippen molar-refractivity contribution in [3.05, 3.63) is 23.2 Å². The number of halogens is 1. The Morgan fingerprint density at radius 1 is 1.30 bits per heavy atom. The molecular weight excluding hydrogens is 298 g/mol. The molecule has 2 saturated carbocycles. The zero-order valence-corrected chi connectivity index (χ0v) is 12.9. The van der Waals surface area contributed by atoms with Gasteiger partial charge in [0.15, 0.2) is 0 Å². The van der Waals surface area contributed by atoms with E-state index in [-0.39, 0.29) is 10.9 Å². The Morgan fingerprint density at radius 2 is 2.10 bits per heavy atom. The SMILES string of the molecule is COc1ccc(S(=O)(=O)N[C@@H]2C[C@@H]3CC[C@@H]2C3)cc1Cl. The number of hydrogen-bond acceptors (Lipinski definition) is 3. The summed E-state index contributed by atoms with van der Waals surface area (Å²) in [5, 5.41) is 0.309. The maximum Gasteiger partial charge on any atom is 0.240 e. The lowest BCUT2D eigenvalue weighted by molar-refractivity contribution is 0.390. The highest BCUT2D eigenvalue weighted by molar-refractivity contribution is 7.89. The molecule has 2 aliphatic rings. The average molecular weight is 316 g/mol. The quantitative estimate of drug-likeness (QED) is 0.929. The molecule has 0 aliphatic heterocycles. The Kier molecular flexibility index (Phi) is 3.69. The Balaban J connectivity index is 1.79. The molecule has 0 amide bonds. The summed E-state index contributed by atoms with van der Waals surface area (Å²) in [4.78, 5) is 0.200. The molecule has 2 aliphatic carbocycles. The van der Waals surface area contributed by atoms with Crippen molar-refractivity contribution in [1.29, 1.82) is 0 Å². The average Bonchev–Trinajstić information content (AvgIpc) is 3.00. The molecule has 110 valence electrons. The van der Waals surface area contributed by atoms with E-state index in [9.17, 15) is 8.42 Å². The lowest BCUT2D eigenvalue weighted by Crippen LogP contribution is -2.38. The Bertz CT molecular complexity index is 617. The van der Waals surface area contributed by atoms with Crippen molar-refractivity contribution in [1.82, 2.24) is 4.72 Å². The maximum atomic E-state index is 12.4. The zero-order valence-electron chi connectivity index (χ0n) is 11.3. The second kappa shape index (κ2) is 5.20. The van der Waals surface area contributed by atoms with Crippen molar-refractivity contribution in [2.24, 2.45) is 11.8 Å². The van der Waals surface area contributed by atoms with E-state index in [0.717, 1.165) is 19.3 Å². The van der Waals surface area contributed by atoms with Gasteiger partial charge in [-0.1, -0.05) is 18.0 Å². The Morgan fingerprint density at radius 3 is 2.65 bits per heavy atom. The lowest BCUT2D eigenvalue weighted by Gasteiger charge is -2.22. The van der Waals surface area contributed by atoms with Gasteiger partial charge >= 0.3 is 0 Å². The highest BCUT2D eigenvalue weighted by Crippen LogP contribution is 2.44. The molecular formula is C14H18ClNO3S. The van der Waals surface area contributed by atoms with E-state index < -0.39 is 10.0 Å². The van der Waals surface area contributed by atoms with Gasteiger partial charge in [0, 0.05) is 6.04 Å². The molecule has 2 bridgehead atoms. The van der Waals surface area contributed by atoms with Crippen LogP contribution in [0, 0.1) is 11.8 Å². The van der Waals surface area contributed by atoms with E-state index >= 15 is 0 Å². The molecule has 0 saturated heterocycles. The van der Waals surface area contributed by atoms with Crippen molar-refractivity contribution in [2.75, 3.05) is 7.11 Å². The first-order valence-electron chi connectivity index (χ1n) is 6.85. The van der Waals surface area contributed by atoms with Gasteiger partial charge < -0.3 is 4.74 Å². The van der Waals surface area contributed by atoms with Crippen LogP contribution in [0.1, 0.15) is 25.7 Å². The fraction of sp³-hybridized carbons (Fsp3) is 0.571. The van der Waals surface area contributed by atoms with Crippen molar-refractivity contribution >= 4 is 21.6 Å². The van der Waals surface area contributed by atoms with Crippen LogP contribution < -0.4 is 9.46 Å². The minimum absolute atomic E-state index is 0.0830. The van der Waals surface area contributed by atoms with E-state index in [0.29, 0.717) is 22.6 Å². The number of sulfonamides is 1. The van der Waals surface area contributed by atoms with Crippen molar-refractivity contribution in [3.8, 4) is 5.75 Å². The molecule has 6 heteroatoms. The van der Waals surface area contributed by atoms with Gasteiger partial charge in [-0.15, -0.1) is 0 Å². The number of fused-ring (bicyclic) bond motifs is 2. The number of rotatable bonds is 4. The molecule has 2 fully saturated rings. The third kappa shape index (κ3) is 2.54. The first kappa shape index (κ1) is 14.2. The van der Waals surface area contributed by atoms with Crippen LogP contribution in [0.25, 0.3) is 0 Å². The molecule has 3 rings (SSSR count). The van der Waals surface area contributed by atoms with Crippen molar-refractivity contribution in [2.45, 2.75) is 36.6 Å². The smallest absolute Gasteiger partial charge is 0.240 e. The summed E-state index contributed by atoms with van der Waals surface area (Å²) in [6, 6.07) is 4.63. The molecule has 0 spiro atoms. The molecule has 20 heavy (non-hydrogen) atoms. The largest absolute Gasteiger partial charge is 0.495 e. The normalized spacial score (nSPS) is 28.8. The van der Waals surface area contributed by atoms with Gasteiger partial charge in [-0.05, 0) is 49.3 Å². The van der Waals surface area contributed by atoms with E-state index in [1.54, 1.807) is 6.07 Å². The summed E-state index contributed by atoms with van der Waals surface area (Å²) in [5.41, 5.74) is 0. The fourth-order valence-corrected chi connectivity index (χ4v) is 5.14. The summed E-state index contributed by atoms with van der Waals surface area (Å²) in [5.74, 6) is 1.68. The monoisotopic (exact) mass is 315 g/mol. The molecule has 4 nitrogen and oxygen atoms in total. The van der Waals surface area contributed by atoms with Gasteiger partial charge in [-0.2, -0.15) is 0 Å². The molecule has 1 aromatic rings. The van der Waals surface area contributed by atoms with Crippen LogP contribution >= 0.6 is 11.6 Å². The molecule has 1 aromatic carbocycles. The van der Waals surface area contributed by atoms with Gasteiger partial charge in [0.05, 0.1) is 17.0 Å². The first-order valence-corrected chi connectivity index (χ1v) is 8.71. The summed E-state index contributed by atoms with van der Waals surface area (Å²) in [7, 11) is -2.00. The molecule has 0 aromatic heterocycles. The highest BCUT2D eigenvalue weighted by atomic mass is 35.5. The number of methoxy groups -OCH3 is 1. The van der Waals surface area contributed by atoms with Gasteiger partial charge in [0.1, 0.15) is 5.75 Å². The third-order valence-corrected chi connectivity index (χ3v) is 6.26. The van der Waals surface area contributed by atoms with Gasteiger partial charge in [-0.3, -0.25) is 0 Å². The van der Waals surface area contributed by atoms with E-state index in [1.807, 2.05) is 0 Å². The molecule has 1 N–H and O–H groups in total. The van der Waals surface area contributed by atoms with Crippen LogP contribution in [-0.2, 0) is 10.0 Å². The fourth-order valence-electron chi connectivity index (χ4n) is 3.47. The topological polar surface area (TPSA) is 55.4 Å². The van der Waals surface area contributed by atoms with Crippen molar-refractivity contribution in [3.63, 3.8) is 0 Å². The molecule has 3 atom stereocenters. The molecule has 0 heterocycles. The van der Waals surface area contributed by atoms with E-state index in [1.165, 1.54) is 25.7 Å². The van der Waals surface area contributed by atoms with Crippen LogP contribution in [0.4, 0.5) is 0 Å². The Labute approximate surface area is 124 Å². The predicted molar refractivity (Wildman–Crippen MR) is 77.6 cm³/mol. The number of hydrogen-bond donors (Lipinski definition) is 1. The second-order valence-corrected chi connectivity index (χ2v) is 7.82. The number of nitrogens with one attached hydrogen (secondary N) is 1. The Hall–Kier alpha value is -0.780. The van der Waals surface area contributed by atoms with Gasteiger partial charge in [0.25, 0.3) is 0 Å². The van der Waals surface area contributed by atoms with Gasteiger partial charge in [0.2, 0.25) is 10.0 Å². The summed E-state index contributed by atoms with van der Waals surface area (Å²) < 4.78 is 32.7. The summed E-state index contributed by atoms with van der Waals surface area (Å²) >= 11 is 6.00. The second-order valence-electron chi connectivity index (χ2n) is 5.70. The van der Waals surface area contributed by atoms with Crippen LogP contribution in [0.15, 0.2) is 23.1 Å². The van der Waals surface area contributed by atoms with Crippen LogP contribution in [0.5, 0.6) is 5.75 Å². The third-order valence-electron chi connectivity index (χ3n) is 4.48. The van der Waals surface area contributed by atoms with E-state index in [4.69, 9.17) is 16.3 Å². The molecule has 0 radical (unpaired) electrons. The minimum atomic E-state index is -3.50. The van der Waals surface area contributed by atoms with Gasteiger partial charge in [-0.25, -0.2) is 13.1 Å². The van der Waals surface area contributed by atoms with Crippen LogP contribution in [0.2, 0.25) is 5.02 Å². The van der Waals surface area contributed by atoms with E-state index in [2.05, 4.69) is 4.72 Å². The predicted octanol–water partition coefficient (Wildman–Crippen LogP) is 2.82. The molecule has 0 unspecified atom stereocenters. The first-order chi connectivity index (χ1) is 9.49. The van der Waals surface area contributed by atoms with Crippen molar-refractivity contribution < 1.29 is 13.2 Å².